The zero-order valence-corrected chi connectivity index (χ0v) is 9.75. The van der Waals surface area contributed by atoms with E-state index in [1.54, 1.807) is 11.0 Å². The van der Waals surface area contributed by atoms with Crippen LogP contribution in [0.5, 0.6) is 0 Å². The molecule has 0 saturated carbocycles. The molecule has 5 heteroatoms. The van der Waals surface area contributed by atoms with Crippen LogP contribution in [0.3, 0.4) is 0 Å². The van der Waals surface area contributed by atoms with Crippen LogP contribution in [-0.2, 0) is 0 Å². The van der Waals surface area contributed by atoms with Crippen LogP contribution in [0.2, 0.25) is 5.02 Å². The number of benzene rings is 1. The summed E-state index contributed by atoms with van der Waals surface area (Å²) in [5.41, 5.74) is 0.829. The van der Waals surface area contributed by atoms with E-state index in [4.69, 9.17) is 11.6 Å². The van der Waals surface area contributed by atoms with Crippen molar-refractivity contribution in [2.45, 2.75) is 6.92 Å². The predicted octanol–water partition coefficient (Wildman–Crippen LogP) is 2.99. The lowest BCUT2D eigenvalue weighted by atomic mass is 10.3. The molecule has 2 rings (SSSR count). The molecule has 0 fully saturated rings. The molecular formula is C9H7BrClN3. The highest BCUT2D eigenvalue weighted by Gasteiger charge is 2.04. The lowest BCUT2D eigenvalue weighted by Crippen LogP contribution is -1.95. The van der Waals surface area contributed by atoms with Gasteiger partial charge in [0.2, 0.25) is 0 Å². The Morgan fingerprint density at radius 2 is 2.21 bits per heavy atom. The Labute approximate surface area is 94.9 Å². The van der Waals surface area contributed by atoms with Crippen LogP contribution in [0, 0.1) is 6.92 Å². The minimum atomic E-state index is 0.643. The van der Waals surface area contributed by atoms with Crippen LogP contribution in [-0.4, -0.2) is 14.8 Å². The molecule has 0 saturated heterocycles. The smallest absolute Gasteiger partial charge is 0.147 e. The molecule has 1 aromatic carbocycles. The third-order valence-corrected chi connectivity index (χ3v) is 2.56. The standard InChI is InChI=1S/C9H7BrClN3/c1-6-12-5-14(13-6)9-3-2-7(10)4-8(9)11/h2-5H,1H3. The largest absolute Gasteiger partial charge is 0.220 e. The molecule has 0 amide bonds. The number of hydrogen-bond donors (Lipinski definition) is 0. The molecule has 0 aliphatic carbocycles. The number of nitrogens with zero attached hydrogens (tertiary/aromatic N) is 3. The van der Waals surface area contributed by atoms with E-state index in [0.717, 1.165) is 16.0 Å². The highest BCUT2D eigenvalue weighted by molar-refractivity contribution is 9.10. The van der Waals surface area contributed by atoms with E-state index in [1.807, 2.05) is 25.1 Å². The van der Waals surface area contributed by atoms with Crippen molar-refractivity contribution in [2.75, 3.05) is 0 Å². The quantitative estimate of drug-likeness (QED) is 0.799. The van der Waals surface area contributed by atoms with Gasteiger partial charge in [-0.3, -0.25) is 0 Å². The first-order valence-corrected chi connectivity index (χ1v) is 5.17. The Morgan fingerprint density at radius 3 is 2.79 bits per heavy atom. The van der Waals surface area contributed by atoms with Crippen molar-refractivity contribution >= 4 is 27.5 Å². The molecule has 0 aliphatic heterocycles. The third kappa shape index (κ3) is 1.81. The van der Waals surface area contributed by atoms with Gasteiger partial charge < -0.3 is 0 Å². The van der Waals surface area contributed by atoms with E-state index in [2.05, 4.69) is 26.0 Å². The summed E-state index contributed by atoms with van der Waals surface area (Å²) in [5, 5.41) is 4.82. The molecule has 0 unspecified atom stereocenters. The van der Waals surface area contributed by atoms with Crippen molar-refractivity contribution in [3.8, 4) is 5.69 Å². The number of aryl methyl sites for hydroxylation is 1. The third-order valence-electron chi connectivity index (χ3n) is 1.76. The molecule has 1 aromatic heterocycles. The predicted molar refractivity (Wildman–Crippen MR) is 58.8 cm³/mol. The number of aromatic nitrogens is 3. The van der Waals surface area contributed by atoms with E-state index in [9.17, 15) is 0 Å². The molecule has 0 atom stereocenters. The minimum absolute atomic E-state index is 0.643. The average Bonchev–Trinajstić information content (AvgIpc) is 2.51. The van der Waals surface area contributed by atoms with Gasteiger partial charge in [0, 0.05) is 4.47 Å². The monoisotopic (exact) mass is 271 g/mol. The second-order valence-electron chi connectivity index (χ2n) is 2.83. The second kappa shape index (κ2) is 3.71. The second-order valence-corrected chi connectivity index (χ2v) is 4.15. The fourth-order valence-electron chi connectivity index (χ4n) is 1.13. The Balaban J connectivity index is 2.52. The molecule has 3 nitrogen and oxygen atoms in total. The van der Waals surface area contributed by atoms with Crippen LogP contribution in [0.4, 0.5) is 0 Å². The van der Waals surface area contributed by atoms with Crippen molar-refractivity contribution in [1.82, 2.24) is 14.8 Å². The van der Waals surface area contributed by atoms with Gasteiger partial charge in [-0.1, -0.05) is 27.5 Å². The summed E-state index contributed by atoms with van der Waals surface area (Å²) >= 11 is 9.40. The van der Waals surface area contributed by atoms with Crippen LogP contribution < -0.4 is 0 Å². The summed E-state index contributed by atoms with van der Waals surface area (Å²) in [6.07, 6.45) is 1.64. The summed E-state index contributed by atoms with van der Waals surface area (Å²) in [4.78, 5) is 4.04. The Bertz CT molecular complexity index is 467. The summed E-state index contributed by atoms with van der Waals surface area (Å²) in [6, 6.07) is 5.63. The van der Waals surface area contributed by atoms with Crippen molar-refractivity contribution in [3.63, 3.8) is 0 Å². The first-order valence-electron chi connectivity index (χ1n) is 4.00. The molecule has 1 heterocycles. The molecule has 72 valence electrons. The maximum absolute atomic E-state index is 6.05. The van der Waals surface area contributed by atoms with Gasteiger partial charge in [-0.15, -0.1) is 0 Å². The molecule has 2 aromatic rings. The number of halogens is 2. The Morgan fingerprint density at radius 1 is 1.43 bits per heavy atom. The highest BCUT2D eigenvalue weighted by Crippen LogP contribution is 2.23. The molecule has 0 spiro atoms. The highest BCUT2D eigenvalue weighted by atomic mass is 79.9. The fourth-order valence-corrected chi connectivity index (χ4v) is 1.89. The SMILES string of the molecule is Cc1ncn(-c2ccc(Br)cc2Cl)n1. The lowest BCUT2D eigenvalue weighted by molar-refractivity contribution is 0.862. The van der Waals surface area contributed by atoms with Crippen LogP contribution in [0.1, 0.15) is 5.82 Å². The zero-order valence-electron chi connectivity index (χ0n) is 7.41. The van der Waals surface area contributed by atoms with Crippen LogP contribution in [0.15, 0.2) is 29.0 Å². The topological polar surface area (TPSA) is 30.7 Å². The van der Waals surface area contributed by atoms with Crippen molar-refractivity contribution in [1.29, 1.82) is 0 Å². The van der Waals surface area contributed by atoms with Gasteiger partial charge >= 0.3 is 0 Å². The molecule has 0 aliphatic rings. The van der Waals surface area contributed by atoms with Crippen molar-refractivity contribution in [2.24, 2.45) is 0 Å². The van der Waals surface area contributed by atoms with Crippen molar-refractivity contribution < 1.29 is 0 Å². The molecule has 0 radical (unpaired) electrons. The van der Waals surface area contributed by atoms with Crippen LogP contribution in [0.25, 0.3) is 5.69 Å². The van der Waals surface area contributed by atoms with Gasteiger partial charge in [-0.2, -0.15) is 5.10 Å². The molecular weight excluding hydrogens is 265 g/mol. The van der Waals surface area contributed by atoms with Gasteiger partial charge in [0.1, 0.15) is 12.2 Å². The average molecular weight is 273 g/mol. The lowest BCUT2D eigenvalue weighted by Gasteiger charge is -2.02. The van der Waals surface area contributed by atoms with Gasteiger partial charge in [0.25, 0.3) is 0 Å². The zero-order chi connectivity index (χ0) is 10.1. The Hall–Kier alpha value is -0.870. The summed E-state index contributed by atoms with van der Waals surface area (Å²) < 4.78 is 2.60. The van der Waals surface area contributed by atoms with E-state index in [1.165, 1.54) is 0 Å². The van der Waals surface area contributed by atoms with E-state index < -0.39 is 0 Å². The van der Waals surface area contributed by atoms with Crippen LogP contribution >= 0.6 is 27.5 Å². The Kier molecular flexibility index (Phi) is 2.56. The molecule has 0 bridgehead atoms. The van der Waals surface area contributed by atoms with Gasteiger partial charge in [-0.25, -0.2) is 9.67 Å². The van der Waals surface area contributed by atoms with Gasteiger partial charge in [-0.05, 0) is 25.1 Å². The maximum atomic E-state index is 6.05. The maximum Gasteiger partial charge on any atom is 0.147 e. The van der Waals surface area contributed by atoms with Gasteiger partial charge in [0.05, 0.1) is 10.7 Å². The van der Waals surface area contributed by atoms with E-state index in [-0.39, 0.29) is 0 Å². The van der Waals surface area contributed by atoms with Crippen molar-refractivity contribution in [3.05, 3.63) is 39.8 Å². The summed E-state index contributed by atoms with van der Waals surface area (Å²) in [6.45, 7) is 1.84. The van der Waals surface area contributed by atoms with E-state index >= 15 is 0 Å². The minimum Gasteiger partial charge on any atom is -0.220 e. The first kappa shape index (κ1) is 9.68. The fraction of sp³-hybridized carbons (Fsp3) is 0.111. The summed E-state index contributed by atoms with van der Waals surface area (Å²) in [5.74, 6) is 0.726. The van der Waals surface area contributed by atoms with E-state index in [0.29, 0.717) is 5.02 Å². The number of hydrogen-bond acceptors (Lipinski definition) is 2. The molecule has 0 N–H and O–H groups in total. The first-order chi connectivity index (χ1) is 6.66. The number of rotatable bonds is 1. The molecule has 14 heavy (non-hydrogen) atoms. The summed E-state index contributed by atoms with van der Waals surface area (Å²) in [7, 11) is 0. The van der Waals surface area contributed by atoms with Gasteiger partial charge in [0.15, 0.2) is 0 Å². The normalized spacial score (nSPS) is 10.5.